The van der Waals surface area contributed by atoms with Crippen LogP contribution in [0.25, 0.3) is 0 Å². The Morgan fingerprint density at radius 3 is 2.93 bits per heavy atom. The van der Waals surface area contributed by atoms with Crippen LogP contribution < -0.4 is 10.6 Å². The van der Waals surface area contributed by atoms with Gasteiger partial charge in [0.05, 0.1) is 6.61 Å². The monoisotopic (exact) mass is 213 g/mol. The summed E-state index contributed by atoms with van der Waals surface area (Å²) in [5.41, 5.74) is 0. The Labute approximate surface area is 92.5 Å². The van der Waals surface area contributed by atoms with E-state index in [1.165, 1.54) is 19.3 Å². The molecule has 1 rings (SSSR count). The van der Waals surface area contributed by atoms with Crippen LogP contribution in [0.15, 0.2) is 4.99 Å². The summed E-state index contributed by atoms with van der Waals surface area (Å²) in [5.74, 6) is 1.56. The van der Waals surface area contributed by atoms with Gasteiger partial charge in [-0.25, -0.2) is 0 Å². The summed E-state index contributed by atoms with van der Waals surface area (Å²) in [6.07, 6.45) is 3.56. The van der Waals surface area contributed by atoms with E-state index in [9.17, 15) is 0 Å². The van der Waals surface area contributed by atoms with Gasteiger partial charge in [0.15, 0.2) is 5.96 Å². The molecule has 1 aliphatic rings. The minimum Gasteiger partial charge on any atom is -0.381 e. The van der Waals surface area contributed by atoms with Gasteiger partial charge >= 0.3 is 0 Å². The molecule has 4 nitrogen and oxygen atoms in total. The van der Waals surface area contributed by atoms with Gasteiger partial charge in [0.1, 0.15) is 0 Å². The van der Waals surface area contributed by atoms with Crippen molar-refractivity contribution in [2.45, 2.75) is 26.2 Å². The number of hydrogen-bond acceptors (Lipinski definition) is 2. The third-order valence-corrected chi connectivity index (χ3v) is 2.63. The topological polar surface area (TPSA) is 45.7 Å². The fourth-order valence-corrected chi connectivity index (χ4v) is 1.59. The molecule has 15 heavy (non-hydrogen) atoms. The van der Waals surface area contributed by atoms with Crippen molar-refractivity contribution in [1.82, 2.24) is 10.6 Å². The minimum absolute atomic E-state index is 0.648. The molecule has 0 aromatic heterocycles. The SMILES string of the molecule is CCCCNC(=NC)NCC1CCOC1. The first-order valence-electron chi connectivity index (χ1n) is 5.89. The average Bonchev–Trinajstić information content (AvgIpc) is 2.76. The Hall–Kier alpha value is -0.770. The summed E-state index contributed by atoms with van der Waals surface area (Å²) in [6.45, 7) is 5.95. The van der Waals surface area contributed by atoms with Gasteiger partial charge in [0.2, 0.25) is 0 Å². The maximum absolute atomic E-state index is 5.32. The zero-order chi connectivity index (χ0) is 10.9. The summed E-state index contributed by atoms with van der Waals surface area (Å²) in [6, 6.07) is 0. The molecule has 4 heteroatoms. The normalized spacial score (nSPS) is 21.7. The van der Waals surface area contributed by atoms with Crippen LogP contribution in [0.1, 0.15) is 26.2 Å². The molecule has 1 fully saturated rings. The van der Waals surface area contributed by atoms with Crippen LogP contribution in [0.3, 0.4) is 0 Å². The van der Waals surface area contributed by atoms with Crippen LogP contribution in [0.2, 0.25) is 0 Å². The standard InChI is InChI=1S/C11H23N3O/c1-3-4-6-13-11(12-2)14-8-10-5-7-15-9-10/h10H,3-9H2,1-2H3,(H2,12,13,14). The van der Waals surface area contributed by atoms with Crippen molar-refractivity contribution in [3.63, 3.8) is 0 Å². The van der Waals surface area contributed by atoms with Crippen molar-refractivity contribution in [2.24, 2.45) is 10.9 Å². The molecular weight excluding hydrogens is 190 g/mol. The lowest BCUT2D eigenvalue weighted by molar-refractivity contribution is 0.186. The van der Waals surface area contributed by atoms with Gasteiger partial charge in [-0.2, -0.15) is 0 Å². The second-order valence-electron chi connectivity index (χ2n) is 3.96. The molecule has 0 spiro atoms. The highest BCUT2D eigenvalue weighted by Crippen LogP contribution is 2.10. The van der Waals surface area contributed by atoms with E-state index in [4.69, 9.17) is 4.74 Å². The summed E-state index contributed by atoms with van der Waals surface area (Å²) < 4.78 is 5.32. The van der Waals surface area contributed by atoms with E-state index in [1.807, 2.05) is 7.05 Å². The quantitative estimate of drug-likeness (QED) is 0.407. The number of aliphatic imine (C=N–C) groups is 1. The Morgan fingerprint density at radius 2 is 2.33 bits per heavy atom. The highest BCUT2D eigenvalue weighted by Gasteiger charge is 2.15. The largest absolute Gasteiger partial charge is 0.381 e. The van der Waals surface area contributed by atoms with Gasteiger partial charge in [-0.1, -0.05) is 13.3 Å². The Morgan fingerprint density at radius 1 is 1.47 bits per heavy atom. The molecule has 1 atom stereocenters. The molecule has 0 amide bonds. The molecular formula is C11H23N3O. The maximum atomic E-state index is 5.32. The highest BCUT2D eigenvalue weighted by atomic mass is 16.5. The number of nitrogens with zero attached hydrogens (tertiary/aromatic N) is 1. The first kappa shape index (κ1) is 12.3. The van der Waals surface area contributed by atoms with E-state index in [0.717, 1.165) is 32.3 Å². The first-order valence-corrected chi connectivity index (χ1v) is 5.89. The van der Waals surface area contributed by atoms with Gasteiger partial charge in [0.25, 0.3) is 0 Å². The Kier molecular flexibility index (Phi) is 6.16. The van der Waals surface area contributed by atoms with Gasteiger partial charge in [-0.3, -0.25) is 4.99 Å². The second-order valence-corrected chi connectivity index (χ2v) is 3.96. The predicted molar refractivity (Wildman–Crippen MR) is 63.2 cm³/mol. The molecule has 0 aromatic carbocycles. The molecule has 0 saturated carbocycles. The molecule has 1 aliphatic heterocycles. The smallest absolute Gasteiger partial charge is 0.190 e. The van der Waals surface area contributed by atoms with Crippen LogP contribution in [-0.2, 0) is 4.74 Å². The summed E-state index contributed by atoms with van der Waals surface area (Å²) >= 11 is 0. The third kappa shape index (κ3) is 5.02. The van der Waals surface area contributed by atoms with Gasteiger partial charge in [0, 0.05) is 32.7 Å². The van der Waals surface area contributed by atoms with E-state index in [2.05, 4.69) is 22.5 Å². The van der Waals surface area contributed by atoms with Gasteiger partial charge in [-0.15, -0.1) is 0 Å². The van der Waals surface area contributed by atoms with Crippen LogP contribution >= 0.6 is 0 Å². The van der Waals surface area contributed by atoms with Crippen LogP contribution in [0, 0.1) is 5.92 Å². The molecule has 0 bridgehead atoms. The van der Waals surface area contributed by atoms with E-state index in [0.29, 0.717) is 5.92 Å². The zero-order valence-corrected chi connectivity index (χ0v) is 9.88. The molecule has 1 saturated heterocycles. The van der Waals surface area contributed by atoms with E-state index in [1.54, 1.807) is 0 Å². The molecule has 1 unspecified atom stereocenters. The summed E-state index contributed by atoms with van der Waals surface area (Å²) in [7, 11) is 1.81. The third-order valence-electron chi connectivity index (χ3n) is 2.63. The minimum atomic E-state index is 0.648. The number of ether oxygens (including phenoxy) is 1. The number of rotatable bonds is 5. The molecule has 0 radical (unpaired) electrons. The fourth-order valence-electron chi connectivity index (χ4n) is 1.59. The lowest BCUT2D eigenvalue weighted by Crippen LogP contribution is -2.40. The van der Waals surface area contributed by atoms with Crippen molar-refractivity contribution < 1.29 is 4.74 Å². The number of hydrogen-bond donors (Lipinski definition) is 2. The maximum Gasteiger partial charge on any atom is 0.190 e. The molecule has 0 aliphatic carbocycles. The summed E-state index contributed by atoms with van der Waals surface area (Å²) in [5, 5.41) is 6.62. The highest BCUT2D eigenvalue weighted by molar-refractivity contribution is 5.79. The van der Waals surface area contributed by atoms with Crippen molar-refractivity contribution in [3.05, 3.63) is 0 Å². The lowest BCUT2D eigenvalue weighted by atomic mass is 10.1. The zero-order valence-electron chi connectivity index (χ0n) is 9.88. The van der Waals surface area contributed by atoms with Crippen LogP contribution in [0.4, 0.5) is 0 Å². The van der Waals surface area contributed by atoms with Crippen molar-refractivity contribution >= 4 is 5.96 Å². The van der Waals surface area contributed by atoms with Crippen LogP contribution in [-0.4, -0.2) is 39.3 Å². The Bertz CT molecular complexity index is 188. The first-order chi connectivity index (χ1) is 7.36. The van der Waals surface area contributed by atoms with Gasteiger partial charge < -0.3 is 15.4 Å². The van der Waals surface area contributed by atoms with Crippen LogP contribution in [0.5, 0.6) is 0 Å². The predicted octanol–water partition coefficient (Wildman–Crippen LogP) is 0.988. The van der Waals surface area contributed by atoms with Crippen molar-refractivity contribution in [1.29, 1.82) is 0 Å². The lowest BCUT2D eigenvalue weighted by Gasteiger charge is -2.13. The molecule has 0 aromatic rings. The van der Waals surface area contributed by atoms with E-state index < -0.39 is 0 Å². The Balaban J connectivity index is 2.10. The second kappa shape index (κ2) is 7.51. The molecule has 88 valence electrons. The summed E-state index contributed by atoms with van der Waals surface area (Å²) in [4.78, 5) is 4.17. The number of guanidine groups is 1. The van der Waals surface area contributed by atoms with E-state index in [-0.39, 0.29) is 0 Å². The number of nitrogens with one attached hydrogen (secondary N) is 2. The van der Waals surface area contributed by atoms with Crippen molar-refractivity contribution in [3.8, 4) is 0 Å². The average molecular weight is 213 g/mol. The molecule has 2 N–H and O–H groups in total. The van der Waals surface area contributed by atoms with Gasteiger partial charge in [-0.05, 0) is 12.8 Å². The molecule has 1 heterocycles. The fraction of sp³-hybridized carbons (Fsp3) is 0.909. The van der Waals surface area contributed by atoms with Crippen molar-refractivity contribution in [2.75, 3.05) is 33.4 Å². The number of unbranched alkanes of at least 4 members (excludes halogenated alkanes) is 1. The van der Waals surface area contributed by atoms with E-state index >= 15 is 0 Å².